The molecule has 2 fully saturated rings. The van der Waals surface area contributed by atoms with E-state index in [1.54, 1.807) is 30.5 Å². The van der Waals surface area contributed by atoms with E-state index >= 15 is 0 Å². The predicted octanol–water partition coefficient (Wildman–Crippen LogP) is 5.82. The number of ether oxygens (including phenoxy) is 5. The summed E-state index contributed by atoms with van der Waals surface area (Å²) in [6, 6.07) is 6.51. The van der Waals surface area contributed by atoms with Crippen molar-refractivity contribution >= 4 is 23.2 Å². The molecular formula is C36H50ClN9O5. The molecular weight excluding hydrogens is 674 g/mol. The first-order valence-corrected chi connectivity index (χ1v) is 18.3. The number of aromatic nitrogens is 7. The molecule has 0 unspecified atom stereocenters. The monoisotopic (exact) mass is 723 g/mol. The normalized spacial score (nSPS) is 21.7. The Labute approximate surface area is 304 Å². The molecule has 1 aromatic carbocycles. The van der Waals surface area contributed by atoms with E-state index in [1.165, 1.54) is 6.33 Å². The van der Waals surface area contributed by atoms with E-state index in [0.717, 1.165) is 62.0 Å². The summed E-state index contributed by atoms with van der Waals surface area (Å²) in [7, 11) is 1.67. The summed E-state index contributed by atoms with van der Waals surface area (Å²) in [4.78, 5) is 15.9. The van der Waals surface area contributed by atoms with Gasteiger partial charge >= 0.3 is 0 Å². The second kappa shape index (κ2) is 18.1. The molecule has 0 bridgehead atoms. The zero-order chi connectivity index (χ0) is 35.6. The summed E-state index contributed by atoms with van der Waals surface area (Å²) >= 11 is 6.49. The molecule has 2 aliphatic rings. The molecule has 3 atom stereocenters. The van der Waals surface area contributed by atoms with Crippen LogP contribution in [0, 0.1) is 0 Å². The van der Waals surface area contributed by atoms with Gasteiger partial charge in [0, 0.05) is 57.2 Å². The number of nitrogens with one attached hydrogen (secondary N) is 1. The van der Waals surface area contributed by atoms with Crippen LogP contribution in [0.5, 0.6) is 11.6 Å². The standard InChI is InChI=1S/C36H50ClN9O5/c1-25-19-44(20-26(2)50-25)30-7-9-31(10-8-30)46-22-33(35(43-46)49-13-5-12-48-15-14-47-4)42-36-39-17-29(18-40-36)28-6-11-32(37)34(16-28)51-27(3)21-45-24-38-23-41-45/h6,11,16-18,22-27,30-31H,5,7-10,12-15,19-21H2,1-4H3,(H,39,40,42)/t25-,26+,27-,30?,31?/m0/s1. The first-order chi connectivity index (χ1) is 24.8. The van der Waals surface area contributed by atoms with E-state index in [4.69, 9.17) is 40.4 Å². The molecule has 4 heterocycles. The van der Waals surface area contributed by atoms with Crippen LogP contribution in [0.1, 0.15) is 58.9 Å². The third kappa shape index (κ3) is 10.4. The van der Waals surface area contributed by atoms with Crippen molar-refractivity contribution < 1.29 is 23.7 Å². The van der Waals surface area contributed by atoms with Gasteiger partial charge in [0.2, 0.25) is 5.95 Å². The van der Waals surface area contributed by atoms with Gasteiger partial charge < -0.3 is 29.0 Å². The Hall–Kier alpha value is -3.82. The molecule has 1 aliphatic carbocycles. The van der Waals surface area contributed by atoms with Gasteiger partial charge in [-0.05, 0) is 64.2 Å². The van der Waals surface area contributed by atoms with Crippen molar-refractivity contribution in [1.82, 2.24) is 39.4 Å². The highest BCUT2D eigenvalue weighted by Gasteiger charge is 2.32. The third-order valence-electron chi connectivity index (χ3n) is 9.21. The Balaban J connectivity index is 1.10. The smallest absolute Gasteiger partial charge is 0.256 e. The topological polar surface area (TPSA) is 136 Å². The van der Waals surface area contributed by atoms with E-state index in [-0.39, 0.29) is 24.4 Å². The van der Waals surface area contributed by atoms with Gasteiger partial charge in [-0.25, -0.2) is 19.6 Å². The van der Waals surface area contributed by atoms with Crippen LogP contribution in [-0.4, -0.2) is 110 Å². The minimum absolute atomic E-state index is 0.171. The fourth-order valence-electron chi connectivity index (χ4n) is 6.81. The number of benzene rings is 1. The number of methoxy groups -OCH3 is 1. The number of morpholine rings is 1. The average Bonchev–Trinajstić information content (AvgIpc) is 3.79. The molecule has 1 saturated carbocycles. The first kappa shape index (κ1) is 37.0. The maximum atomic E-state index is 6.49. The fraction of sp³-hybridized carbons (Fsp3) is 0.583. The number of rotatable bonds is 17. The van der Waals surface area contributed by atoms with Gasteiger partial charge in [0.15, 0.2) is 0 Å². The Morgan fingerprint density at radius 1 is 0.980 bits per heavy atom. The van der Waals surface area contributed by atoms with Gasteiger partial charge in [-0.1, -0.05) is 17.7 Å². The predicted molar refractivity (Wildman–Crippen MR) is 194 cm³/mol. The highest BCUT2D eigenvalue weighted by molar-refractivity contribution is 6.32. The summed E-state index contributed by atoms with van der Waals surface area (Å²) in [5, 5.41) is 12.9. The molecule has 51 heavy (non-hydrogen) atoms. The van der Waals surface area contributed by atoms with Crippen LogP contribution < -0.4 is 14.8 Å². The molecule has 6 rings (SSSR count). The van der Waals surface area contributed by atoms with E-state index in [9.17, 15) is 0 Å². The molecule has 0 spiro atoms. The average molecular weight is 724 g/mol. The Kier molecular flexibility index (Phi) is 13.1. The fourth-order valence-corrected chi connectivity index (χ4v) is 6.97. The minimum atomic E-state index is -0.171. The molecule has 1 N–H and O–H groups in total. The van der Waals surface area contributed by atoms with Crippen LogP contribution >= 0.6 is 11.6 Å². The number of hydrogen-bond donors (Lipinski definition) is 1. The quantitative estimate of drug-likeness (QED) is 0.132. The number of hydrogen-bond acceptors (Lipinski definition) is 12. The summed E-state index contributed by atoms with van der Waals surface area (Å²) in [6.45, 7) is 11.0. The zero-order valence-corrected chi connectivity index (χ0v) is 30.7. The molecule has 1 saturated heterocycles. The SMILES string of the molecule is COCCOCCCOc1nn(C2CCC(N3C[C@@H](C)O[C@@H](C)C3)CC2)cc1Nc1ncc(-c2ccc(Cl)c(O[C@@H](C)Cn3cncn3)c2)cn1. The molecule has 1 aliphatic heterocycles. The highest BCUT2D eigenvalue weighted by Crippen LogP contribution is 2.36. The molecule has 0 amide bonds. The zero-order valence-electron chi connectivity index (χ0n) is 30.0. The first-order valence-electron chi connectivity index (χ1n) is 17.9. The lowest BCUT2D eigenvalue weighted by Gasteiger charge is -2.42. The van der Waals surface area contributed by atoms with Gasteiger partial charge in [0.1, 0.15) is 30.2 Å². The lowest BCUT2D eigenvalue weighted by Crippen LogP contribution is -2.51. The van der Waals surface area contributed by atoms with E-state index in [0.29, 0.717) is 61.6 Å². The molecule has 0 radical (unpaired) electrons. The van der Waals surface area contributed by atoms with Crippen molar-refractivity contribution in [2.45, 2.75) is 89.8 Å². The van der Waals surface area contributed by atoms with Gasteiger partial charge in [0.05, 0.1) is 55.8 Å². The number of anilines is 2. The van der Waals surface area contributed by atoms with E-state index < -0.39 is 0 Å². The summed E-state index contributed by atoms with van der Waals surface area (Å²) < 4.78 is 32.8. The van der Waals surface area contributed by atoms with Crippen LogP contribution in [0.2, 0.25) is 5.02 Å². The van der Waals surface area contributed by atoms with Crippen molar-refractivity contribution in [3.63, 3.8) is 0 Å². The minimum Gasteiger partial charge on any atom is -0.487 e. The van der Waals surface area contributed by atoms with Gasteiger partial charge in [-0.2, -0.15) is 5.10 Å². The van der Waals surface area contributed by atoms with Crippen molar-refractivity contribution in [2.75, 3.05) is 51.9 Å². The van der Waals surface area contributed by atoms with Crippen LogP contribution in [0.3, 0.4) is 0 Å². The second-order valence-electron chi connectivity index (χ2n) is 13.4. The summed E-state index contributed by atoms with van der Waals surface area (Å²) in [6.07, 6.45) is 14.2. The van der Waals surface area contributed by atoms with Crippen LogP contribution in [0.25, 0.3) is 11.1 Å². The van der Waals surface area contributed by atoms with Crippen LogP contribution in [0.4, 0.5) is 11.6 Å². The number of nitrogens with zero attached hydrogens (tertiary/aromatic N) is 8. The van der Waals surface area contributed by atoms with Gasteiger partial charge in [-0.15, -0.1) is 5.10 Å². The van der Waals surface area contributed by atoms with E-state index in [2.05, 4.69) is 48.8 Å². The van der Waals surface area contributed by atoms with E-state index in [1.807, 2.05) is 31.3 Å². The molecule has 3 aromatic heterocycles. The van der Waals surface area contributed by atoms with Crippen molar-refractivity contribution in [1.29, 1.82) is 0 Å². The molecule has 4 aromatic rings. The molecule has 14 nitrogen and oxygen atoms in total. The van der Waals surface area contributed by atoms with Crippen LogP contribution in [0.15, 0.2) is 49.4 Å². The largest absolute Gasteiger partial charge is 0.487 e. The second-order valence-corrected chi connectivity index (χ2v) is 13.8. The van der Waals surface area contributed by atoms with Crippen LogP contribution in [-0.2, 0) is 20.8 Å². The summed E-state index contributed by atoms with van der Waals surface area (Å²) in [5.74, 6) is 1.54. The van der Waals surface area contributed by atoms with Crippen molar-refractivity contribution in [2.24, 2.45) is 0 Å². The lowest BCUT2D eigenvalue weighted by molar-refractivity contribution is -0.0852. The Morgan fingerprint density at radius 2 is 1.75 bits per heavy atom. The van der Waals surface area contributed by atoms with Gasteiger partial charge in [-0.3, -0.25) is 9.58 Å². The lowest BCUT2D eigenvalue weighted by atomic mass is 9.89. The van der Waals surface area contributed by atoms with Gasteiger partial charge in [0.25, 0.3) is 5.88 Å². The third-order valence-corrected chi connectivity index (χ3v) is 9.52. The maximum Gasteiger partial charge on any atom is 0.256 e. The Morgan fingerprint density at radius 3 is 2.47 bits per heavy atom. The van der Waals surface area contributed by atoms with Crippen molar-refractivity contribution in [3.8, 4) is 22.8 Å². The molecule has 276 valence electrons. The molecule has 15 heteroatoms. The Bertz CT molecular complexity index is 1620. The summed E-state index contributed by atoms with van der Waals surface area (Å²) in [5.41, 5.74) is 2.44. The maximum absolute atomic E-state index is 6.49. The number of halogens is 1. The highest BCUT2D eigenvalue weighted by atomic mass is 35.5. The van der Waals surface area contributed by atoms with Crippen molar-refractivity contribution in [3.05, 3.63) is 54.5 Å².